The molecule has 0 aliphatic carbocycles. The second-order valence-electron chi connectivity index (χ2n) is 4.60. The number of unbranched alkanes of at least 4 members (excludes halogenated alkanes) is 2. The highest BCUT2D eigenvalue weighted by Gasteiger charge is 2.34. The molecular formula is C14H16ClF3N2O2. The number of anilines is 1. The molecule has 0 aromatic heterocycles. The number of carbonyl (C=O) groups is 2. The van der Waals surface area contributed by atoms with Crippen molar-refractivity contribution in [1.82, 2.24) is 5.32 Å². The van der Waals surface area contributed by atoms with Gasteiger partial charge >= 0.3 is 18.0 Å². The Bertz CT molecular complexity index is 547. The van der Waals surface area contributed by atoms with Crippen LogP contribution in [0.25, 0.3) is 0 Å². The van der Waals surface area contributed by atoms with Gasteiger partial charge in [0, 0.05) is 11.6 Å². The molecule has 0 unspecified atom stereocenters. The number of benzene rings is 1. The normalized spacial score (nSPS) is 11.1. The predicted molar refractivity (Wildman–Crippen MR) is 77.6 cm³/mol. The van der Waals surface area contributed by atoms with E-state index in [2.05, 4.69) is 5.32 Å². The monoisotopic (exact) mass is 336 g/mol. The van der Waals surface area contributed by atoms with Crippen LogP contribution in [0.1, 0.15) is 31.7 Å². The van der Waals surface area contributed by atoms with E-state index in [9.17, 15) is 22.8 Å². The standard InChI is InChI=1S/C14H16ClF3N2O2/c1-2-3-4-7-19-12(21)13(22)20-11-6-5-9(15)8-10(11)14(16,17)18/h5-6,8H,2-4,7H2,1H3,(H,19,21)(H,20,22). The Morgan fingerprint density at radius 1 is 1.18 bits per heavy atom. The van der Waals surface area contributed by atoms with Crippen LogP contribution in [0.15, 0.2) is 18.2 Å². The third-order valence-corrected chi connectivity index (χ3v) is 3.04. The van der Waals surface area contributed by atoms with E-state index in [0.717, 1.165) is 18.9 Å². The highest BCUT2D eigenvalue weighted by molar-refractivity contribution is 6.39. The Labute approximate surface area is 131 Å². The smallest absolute Gasteiger partial charge is 0.348 e. The number of hydrogen-bond donors (Lipinski definition) is 2. The van der Waals surface area contributed by atoms with Crippen molar-refractivity contribution in [3.8, 4) is 0 Å². The first-order valence-corrected chi connectivity index (χ1v) is 7.09. The van der Waals surface area contributed by atoms with E-state index >= 15 is 0 Å². The van der Waals surface area contributed by atoms with E-state index in [1.54, 1.807) is 0 Å². The zero-order valence-corrected chi connectivity index (χ0v) is 12.6. The number of alkyl halides is 3. The van der Waals surface area contributed by atoms with Crippen LogP contribution in [-0.2, 0) is 15.8 Å². The van der Waals surface area contributed by atoms with Gasteiger partial charge in [-0.1, -0.05) is 31.4 Å². The lowest BCUT2D eigenvalue weighted by Crippen LogP contribution is -2.36. The predicted octanol–water partition coefficient (Wildman–Crippen LogP) is 3.60. The van der Waals surface area contributed by atoms with Crippen molar-refractivity contribution >= 4 is 29.1 Å². The van der Waals surface area contributed by atoms with Gasteiger partial charge in [-0.3, -0.25) is 9.59 Å². The second-order valence-corrected chi connectivity index (χ2v) is 5.04. The fourth-order valence-corrected chi connectivity index (χ4v) is 1.87. The van der Waals surface area contributed by atoms with Crippen molar-refractivity contribution in [2.24, 2.45) is 0 Å². The molecule has 1 aromatic rings. The van der Waals surface area contributed by atoms with Gasteiger partial charge in [0.2, 0.25) is 0 Å². The van der Waals surface area contributed by atoms with Gasteiger partial charge in [0.1, 0.15) is 0 Å². The van der Waals surface area contributed by atoms with Crippen molar-refractivity contribution in [1.29, 1.82) is 0 Å². The summed E-state index contributed by atoms with van der Waals surface area (Å²) in [5.74, 6) is -2.12. The quantitative estimate of drug-likeness (QED) is 0.637. The average Bonchev–Trinajstić information content (AvgIpc) is 2.44. The maximum atomic E-state index is 12.9. The van der Waals surface area contributed by atoms with Gasteiger partial charge in [-0.25, -0.2) is 0 Å². The van der Waals surface area contributed by atoms with Crippen LogP contribution < -0.4 is 10.6 Å². The van der Waals surface area contributed by atoms with Gasteiger partial charge in [-0.2, -0.15) is 13.2 Å². The maximum absolute atomic E-state index is 12.9. The molecule has 8 heteroatoms. The van der Waals surface area contributed by atoms with E-state index in [-0.39, 0.29) is 5.02 Å². The zero-order valence-electron chi connectivity index (χ0n) is 11.9. The molecule has 0 aliphatic heterocycles. The van der Waals surface area contributed by atoms with Gasteiger partial charge in [-0.05, 0) is 24.6 Å². The Balaban J connectivity index is 2.74. The fourth-order valence-electron chi connectivity index (χ4n) is 1.70. The summed E-state index contributed by atoms with van der Waals surface area (Å²) >= 11 is 5.53. The molecule has 2 amide bonds. The molecule has 1 aromatic carbocycles. The van der Waals surface area contributed by atoms with Crippen LogP contribution in [0.3, 0.4) is 0 Å². The molecule has 0 spiro atoms. The number of nitrogens with one attached hydrogen (secondary N) is 2. The van der Waals surface area contributed by atoms with Crippen molar-refractivity contribution in [2.45, 2.75) is 32.4 Å². The molecule has 4 nitrogen and oxygen atoms in total. The van der Waals surface area contributed by atoms with Gasteiger partial charge in [0.15, 0.2) is 0 Å². The minimum Gasteiger partial charge on any atom is -0.348 e. The lowest BCUT2D eigenvalue weighted by Gasteiger charge is -2.14. The molecule has 0 radical (unpaired) electrons. The molecular weight excluding hydrogens is 321 g/mol. The molecule has 0 aliphatic rings. The zero-order chi connectivity index (χ0) is 16.8. The summed E-state index contributed by atoms with van der Waals surface area (Å²) in [5, 5.41) is 4.19. The minimum atomic E-state index is -4.69. The largest absolute Gasteiger partial charge is 0.418 e. The number of hydrogen-bond acceptors (Lipinski definition) is 2. The first kappa shape index (κ1) is 18.3. The van der Waals surface area contributed by atoms with Gasteiger partial charge in [-0.15, -0.1) is 0 Å². The van der Waals surface area contributed by atoms with E-state index in [1.165, 1.54) is 6.07 Å². The number of halogens is 4. The molecule has 22 heavy (non-hydrogen) atoms. The van der Waals surface area contributed by atoms with Crippen LogP contribution in [0.2, 0.25) is 5.02 Å². The van der Waals surface area contributed by atoms with Crippen LogP contribution in [-0.4, -0.2) is 18.4 Å². The summed E-state index contributed by atoms with van der Waals surface area (Å²) < 4.78 is 38.6. The summed E-state index contributed by atoms with van der Waals surface area (Å²) in [4.78, 5) is 23.1. The first-order valence-electron chi connectivity index (χ1n) is 6.71. The SMILES string of the molecule is CCCCCNC(=O)C(=O)Nc1ccc(Cl)cc1C(F)(F)F. The summed E-state index contributed by atoms with van der Waals surface area (Å²) in [7, 11) is 0. The molecule has 0 saturated carbocycles. The number of rotatable bonds is 5. The molecule has 0 saturated heterocycles. The van der Waals surface area contributed by atoms with E-state index in [4.69, 9.17) is 11.6 Å². The van der Waals surface area contributed by atoms with Gasteiger partial charge < -0.3 is 10.6 Å². The third kappa shape index (κ3) is 5.55. The van der Waals surface area contributed by atoms with Crippen LogP contribution in [0.4, 0.5) is 18.9 Å². The van der Waals surface area contributed by atoms with Crippen LogP contribution >= 0.6 is 11.6 Å². The molecule has 122 valence electrons. The summed E-state index contributed by atoms with van der Waals surface area (Å²) in [6.45, 7) is 2.28. The van der Waals surface area contributed by atoms with Crippen molar-refractivity contribution < 1.29 is 22.8 Å². The molecule has 0 atom stereocenters. The van der Waals surface area contributed by atoms with E-state index < -0.39 is 29.2 Å². The average molecular weight is 337 g/mol. The summed E-state index contributed by atoms with van der Waals surface area (Å²) in [5.41, 5.74) is -1.61. The Hall–Kier alpha value is -1.76. The Morgan fingerprint density at radius 3 is 2.45 bits per heavy atom. The number of amides is 2. The Kier molecular flexibility index (Phi) is 6.67. The van der Waals surface area contributed by atoms with Gasteiger partial charge in [0.05, 0.1) is 11.3 Å². The number of carbonyl (C=O) groups excluding carboxylic acids is 2. The maximum Gasteiger partial charge on any atom is 0.418 e. The second kappa shape index (κ2) is 8.03. The first-order chi connectivity index (χ1) is 10.3. The lowest BCUT2D eigenvalue weighted by atomic mass is 10.1. The third-order valence-electron chi connectivity index (χ3n) is 2.81. The van der Waals surface area contributed by atoms with Crippen molar-refractivity contribution in [3.05, 3.63) is 28.8 Å². The fraction of sp³-hybridized carbons (Fsp3) is 0.429. The highest BCUT2D eigenvalue weighted by atomic mass is 35.5. The minimum absolute atomic E-state index is 0.116. The lowest BCUT2D eigenvalue weighted by molar-refractivity contribution is -0.138. The van der Waals surface area contributed by atoms with E-state index in [1.807, 2.05) is 12.2 Å². The molecule has 1 rings (SSSR count). The van der Waals surface area contributed by atoms with Crippen LogP contribution in [0.5, 0.6) is 0 Å². The topological polar surface area (TPSA) is 58.2 Å². The summed E-state index contributed by atoms with van der Waals surface area (Å²) in [6, 6.07) is 2.90. The molecule has 0 bridgehead atoms. The Morgan fingerprint density at radius 2 is 1.86 bits per heavy atom. The van der Waals surface area contributed by atoms with Crippen LogP contribution in [0, 0.1) is 0 Å². The highest BCUT2D eigenvalue weighted by Crippen LogP contribution is 2.36. The molecule has 0 heterocycles. The van der Waals surface area contributed by atoms with Gasteiger partial charge in [0.25, 0.3) is 0 Å². The molecule has 2 N–H and O–H groups in total. The summed E-state index contributed by atoms with van der Waals surface area (Å²) in [6.07, 6.45) is -2.16. The molecule has 0 fully saturated rings. The van der Waals surface area contributed by atoms with Crippen molar-refractivity contribution in [3.63, 3.8) is 0 Å². The van der Waals surface area contributed by atoms with E-state index in [0.29, 0.717) is 19.0 Å². The van der Waals surface area contributed by atoms with Crippen molar-refractivity contribution in [2.75, 3.05) is 11.9 Å².